The number of aliphatic carboxylic acids is 1. The number of aliphatic hydroxyl groups is 1. The first-order valence-electron chi connectivity index (χ1n) is 10.00. The predicted octanol–water partition coefficient (Wildman–Crippen LogP) is -3.04. The lowest BCUT2D eigenvalue weighted by atomic mass is 9.99. The molecule has 5 atom stereocenters. The number of carboxylic acid groups (broad SMARTS) is 1. The van der Waals surface area contributed by atoms with Crippen LogP contribution < -0.4 is 33.2 Å². The summed E-state index contributed by atoms with van der Waals surface area (Å²) in [6, 6.07) is -4.46. The molecule has 0 aliphatic carbocycles. The minimum absolute atomic E-state index is 0.119. The summed E-state index contributed by atoms with van der Waals surface area (Å²) in [5.74, 6) is -3.72. The number of hydrogen-bond donors (Lipinski definition) is 8. The van der Waals surface area contributed by atoms with Crippen LogP contribution >= 0.6 is 0 Å². The van der Waals surface area contributed by atoms with Gasteiger partial charge in [-0.25, -0.2) is 4.79 Å². The van der Waals surface area contributed by atoms with Gasteiger partial charge >= 0.3 is 5.97 Å². The predicted molar refractivity (Wildman–Crippen MR) is 114 cm³/mol. The number of guanidine groups is 1. The minimum Gasteiger partial charge on any atom is -0.480 e. The van der Waals surface area contributed by atoms with Crippen molar-refractivity contribution >= 4 is 29.7 Å². The van der Waals surface area contributed by atoms with Crippen LogP contribution in [-0.2, 0) is 19.2 Å². The largest absolute Gasteiger partial charge is 0.480 e. The monoisotopic (exact) mass is 445 g/mol. The normalized spacial score (nSPS) is 15.5. The Morgan fingerprint density at radius 1 is 1.00 bits per heavy atom. The van der Waals surface area contributed by atoms with Gasteiger partial charge in [-0.2, -0.15) is 0 Å². The van der Waals surface area contributed by atoms with Gasteiger partial charge in [0.2, 0.25) is 17.7 Å². The Balaban J connectivity index is 5.13. The fourth-order valence-electron chi connectivity index (χ4n) is 2.47. The molecule has 0 saturated heterocycles. The van der Waals surface area contributed by atoms with Crippen molar-refractivity contribution in [3.05, 3.63) is 0 Å². The number of nitrogens with zero attached hydrogens (tertiary/aromatic N) is 1. The van der Waals surface area contributed by atoms with E-state index in [0.717, 1.165) is 0 Å². The van der Waals surface area contributed by atoms with Gasteiger partial charge in [0.25, 0.3) is 0 Å². The van der Waals surface area contributed by atoms with E-state index in [2.05, 4.69) is 20.9 Å². The van der Waals surface area contributed by atoms with Crippen molar-refractivity contribution in [1.82, 2.24) is 16.0 Å². The summed E-state index contributed by atoms with van der Waals surface area (Å²) in [5.41, 5.74) is 16.0. The number of rotatable bonds is 14. The Morgan fingerprint density at radius 2 is 1.61 bits per heavy atom. The second-order valence-corrected chi connectivity index (χ2v) is 7.24. The highest BCUT2D eigenvalue weighted by Gasteiger charge is 2.29. The van der Waals surface area contributed by atoms with E-state index in [1.807, 2.05) is 0 Å². The Hall–Kier alpha value is -2.93. The molecule has 0 rings (SSSR count). The molecule has 0 aromatic carbocycles. The molecular weight excluding hydrogens is 410 g/mol. The first kappa shape index (κ1) is 28.1. The van der Waals surface area contributed by atoms with E-state index < -0.39 is 54.5 Å². The van der Waals surface area contributed by atoms with E-state index in [-0.39, 0.29) is 24.8 Å². The van der Waals surface area contributed by atoms with Gasteiger partial charge in [0, 0.05) is 6.54 Å². The Morgan fingerprint density at radius 3 is 2.10 bits per heavy atom. The van der Waals surface area contributed by atoms with Gasteiger partial charge in [0.1, 0.15) is 24.2 Å². The lowest BCUT2D eigenvalue weighted by Crippen LogP contribution is -2.57. The van der Waals surface area contributed by atoms with Crippen LogP contribution in [0.5, 0.6) is 0 Å². The summed E-state index contributed by atoms with van der Waals surface area (Å²) < 4.78 is 0. The highest BCUT2D eigenvalue weighted by atomic mass is 16.4. The molecule has 0 aromatic rings. The molecule has 0 fully saturated rings. The van der Waals surface area contributed by atoms with Crippen LogP contribution in [0.2, 0.25) is 0 Å². The molecule has 11 N–H and O–H groups in total. The Labute approximate surface area is 181 Å². The van der Waals surface area contributed by atoms with E-state index >= 15 is 0 Å². The highest BCUT2D eigenvalue weighted by Crippen LogP contribution is 2.08. The lowest BCUT2D eigenvalue weighted by molar-refractivity contribution is -0.143. The van der Waals surface area contributed by atoms with Gasteiger partial charge in [-0.05, 0) is 25.7 Å². The summed E-state index contributed by atoms with van der Waals surface area (Å²) in [4.78, 5) is 52.2. The maximum atomic E-state index is 12.6. The topological polar surface area (TPSA) is 235 Å². The number of aliphatic imine (C=N–C) groups is 1. The molecule has 0 aliphatic heterocycles. The smallest absolute Gasteiger partial charge is 0.326 e. The number of amides is 3. The molecule has 0 heterocycles. The third-order valence-corrected chi connectivity index (χ3v) is 4.64. The second kappa shape index (κ2) is 14.1. The summed E-state index contributed by atoms with van der Waals surface area (Å²) in [6.07, 6.45) is 0.999. The minimum atomic E-state index is -1.22. The number of aliphatic hydroxyl groups excluding tert-OH is 1. The molecule has 13 nitrogen and oxygen atoms in total. The maximum absolute atomic E-state index is 12.6. The molecule has 178 valence electrons. The first-order chi connectivity index (χ1) is 14.4. The fraction of sp³-hybridized carbons (Fsp3) is 0.722. The molecule has 3 amide bonds. The van der Waals surface area contributed by atoms with E-state index in [9.17, 15) is 24.3 Å². The molecule has 13 heteroatoms. The standard InChI is InChI=1S/C18H35N7O6/c1-4-9(2)13(17(30)31)25-14(27)10(3)23-16(29)12(6-5-7-22-18(20)21)24-15(28)11(19)8-26/h9-13,26H,4-8,19H2,1-3H3,(H,23,29)(H,24,28)(H,25,27)(H,30,31)(H4,20,21,22). The number of carboxylic acids is 1. The van der Waals surface area contributed by atoms with Gasteiger partial charge < -0.3 is 43.4 Å². The van der Waals surface area contributed by atoms with Crippen LogP contribution in [0.1, 0.15) is 40.0 Å². The molecule has 0 radical (unpaired) electrons. The zero-order chi connectivity index (χ0) is 24.1. The van der Waals surface area contributed by atoms with Crippen LogP contribution in [0.25, 0.3) is 0 Å². The first-order valence-corrected chi connectivity index (χ1v) is 10.00. The summed E-state index contributed by atoms with van der Waals surface area (Å²) in [5, 5.41) is 25.6. The fourth-order valence-corrected chi connectivity index (χ4v) is 2.47. The number of carbonyl (C=O) groups is 4. The molecule has 0 spiro atoms. The van der Waals surface area contributed by atoms with Crippen molar-refractivity contribution in [2.75, 3.05) is 13.2 Å². The van der Waals surface area contributed by atoms with Crippen molar-refractivity contribution in [1.29, 1.82) is 0 Å². The molecule has 0 aromatic heterocycles. The molecule has 31 heavy (non-hydrogen) atoms. The lowest BCUT2D eigenvalue weighted by Gasteiger charge is -2.24. The molecule has 0 bridgehead atoms. The summed E-state index contributed by atoms with van der Waals surface area (Å²) in [6.45, 7) is 4.47. The zero-order valence-corrected chi connectivity index (χ0v) is 18.1. The average Bonchev–Trinajstić information content (AvgIpc) is 2.71. The van der Waals surface area contributed by atoms with Crippen LogP contribution in [0.3, 0.4) is 0 Å². The Bertz CT molecular complexity index is 653. The quantitative estimate of drug-likeness (QED) is 0.0769. The van der Waals surface area contributed by atoms with Gasteiger partial charge in [-0.3, -0.25) is 19.4 Å². The summed E-state index contributed by atoms with van der Waals surface area (Å²) >= 11 is 0. The Kier molecular flexibility index (Phi) is 12.8. The van der Waals surface area contributed by atoms with Gasteiger partial charge in [0.15, 0.2) is 5.96 Å². The molecule has 0 saturated carbocycles. The van der Waals surface area contributed by atoms with Crippen molar-refractivity contribution in [3.8, 4) is 0 Å². The zero-order valence-electron chi connectivity index (χ0n) is 18.1. The van der Waals surface area contributed by atoms with E-state index in [1.54, 1.807) is 13.8 Å². The van der Waals surface area contributed by atoms with Gasteiger partial charge in [-0.1, -0.05) is 20.3 Å². The van der Waals surface area contributed by atoms with Crippen molar-refractivity contribution < 1.29 is 29.4 Å². The van der Waals surface area contributed by atoms with Crippen LogP contribution in [0.15, 0.2) is 4.99 Å². The number of nitrogens with two attached hydrogens (primary N) is 3. The molecule has 0 aliphatic rings. The summed E-state index contributed by atoms with van der Waals surface area (Å²) in [7, 11) is 0. The van der Waals surface area contributed by atoms with E-state index in [0.29, 0.717) is 12.8 Å². The SMILES string of the molecule is CCC(C)C(NC(=O)C(C)NC(=O)C(CCCN=C(N)N)NC(=O)C(N)CO)C(=O)O. The average molecular weight is 446 g/mol. The third-order valence-electron chi connectivity index (χ3n) is 4.64. The number of hydrogen-bond acceptors (Lipinski definition) is 7. The molecule has 5 unspecified atom stereocenters. The third kappa shape index (κ3) is 10.6. The molecular formula is C18H35N7O6. The van der Waals surface area contributed by atoms with Crippen LogP contribution in [0.4, 0.5) is 0 Å². The van der Waals surface area contributed by atoms with Crippen molar-refractivity contribution in [3.63, 3.8) is 0 Å². The number of carbonyl (C=O) groups excluding carboxylic acids is 3. The van der Waals surface area contributed by atoms with Crippen LogP contribution in [0, 0.1) is 5.92 Å². The van der Waals surface area contributed by atoms with Gasteiger partial charge in [-0.15, -0.1) is 0 Å². The highest BCUT2D eigenvalue weighted by molar-refractivity contribution is 5.93. The number of nitrogens with one attached hydrogen (secondary N) is 3. The van der Waals surface area contributed by atoms with Crippen molar-refractivity contribution in [2.45, 2.75) is 64.2 Å². The second-order valence-electron chi connectivity index (χ2n) is 7.24. The van der Waals surface area contributed by atoms with Gasteiger partial charge in [0.05, 0.1) is 6.61 Å². The van der Waals surface area contributed by atoms with Crippen LogP contribution in [-0.4, -0.2) is 77.2 Å². The van der Waals surface area contributed by atoms with E-state index in [1.165, 1.54) is 6.92 Å². The van der Waals surface area contributed by atoms with Crippen molar-refractivity contribution in [2.24, 2.45) is 28.1 Å². The van der Waals surface area contributed by atoms with E-state index in [4.69, 9.17) is 22.3 Å². The maximum Gasteiger partial charge on any atom is 0.326 e.